The molecule has 0 fully saturated rings. The minimum atomic E-state index is -0.198. The Morgan fingerprint density at radius 3 is 2.71 bits per heavy atom. The molecule has 0 radical (unpaired) electrons. The maximum Gasteiger partial charge on any atom is 0.259 e. The zero-order chi connectivity index (χ0) is 16.9. The third-order valence-corrected chi connectivity index (χ3v) is 4.39. The van der Waals surface area contributed by atoms with Crippen LogP contribution >= 0.6 is 11.8 Å². The Bertz CT molecular complexity index is 834. The van der Waals surface area contributed by atoms with Crippen LogP contribution in [0.4, 0.5) is 5.82 Å². The van der Waals surface area contributed by atoms with Gasteiger partial charge in [0.25, 0.3) is 5.91 Å². The highest BCUT2D eigenvalue weighted by molar-refractivity contribution is 7.98. The monoisotopic (exact) mass is 339 g/mol. The highest BCUT2D eigenvalue weighted by atomic mass is 32.2. The van der Waals surface area contributed by atoms with E-state index in [1.165, 1.54) is 11.8 Å². The van der Waals surface area contributed by atoms with Crippen molar-refractivity contribution >= 4 is 23.5 Å². The Balaban J connectivity index is 1.85. The summed E-state index contributed by atoms with van der Waals surface area (Å²) < 4.78 is 1.78. The number of carbonyl (C=O) groups is 1. The molecule has 0 aromatic carbocycles. The standard InChI is InChI=1S/C17H17N5OS/c1-12(13-5-9-18-10-6-13)22-15(7-11-20-22)21-16(23)14-4-3-8-19-17(14)24-2/h3-12H,1-2H3,(H,21,23)/t12-/m1/s1. The molecule has 3 aromatic rings. The van der Waals surface area contributed by atoms with Gasteiger partial charge in [-0.3, -0.25) is 9.78 Å². The summed E-state index contributed by atoms with van der Waals surface area (Å²) in [7, 11) is 0. The number of anilines is 1. The van der Waals surface area contributed by atoms with Crippen molar-refractivity contribution in [3.8, 4) is 0 Å². The van der Waals surface area contributed by atoms with Crippen molar-refractivity contribution in [2.75, 3.05) is 11.6 Å². The van der Waals surface area contributed by atoms with Gasteiger partial charge in [0, 0.05) is 24.7 Å². The first-order valence-corrected chi connectivity index (χ1v) is 8.67. The zero-order valence-corrected chi connectivity index (χ0v) is 14.2. The Morgan fingerprint density at radius 2 is 1.96 bits per heavy atom. The van der Waals surface area contributed by atoms with Gasteiger partial charge in [-0.05, 0) is 43.0 Å². The fourth-order valence-electron chi connectivity index (χ4n) is 2.42. The fourth-order valence-corrected chi connectivity index (χ4v) is 2.96. The molecule has 0 aliphatic carbocycles. The van der Waals surface area contributed by atoms with Crippen LogP contribution in [0.15, 0.2) is 60.1 Å². The maximum absolute atomic E-state index is 12.6. The van der Waals surface area contributed by atoms with E-state index in [9.17, 15) is 4.79 Å². The Kier molecular flexibility index (Phi) is 4.90. The molecule has 7 heteroatoms. The number of amides is 1. The van der Waals surface area contributed by atoms with Crippen molar-refractivity contribution in [1.82, 2.24) is 19.7 Å². The van der Waals surface area contributed by atoms with E-state index in [4.69, 9.17) is 0 Å². The van der Waals surface area contributed by atoms with Gasteiger partial charge in [-0.25, -0.2) is 9.67 Å². The van der Waals surface area contributed by atoms with Crippen LogP contribution in [0.2, 0.25) is 0 Å². The van der Waals surface area contributed by atoms with Gasteiger partial charge in [0.15, 0.2) is 0 Å². The van der Waals surface area contributed by atoms with E-state index in [0.717, 1.165) is 5.56 Å². The molecule has 1 amide bonds. The van der Waals surface area contributed by atoms with Gasteiger partial charge >= 0.3 is 0 Å². The Hall–Kier alpha value is -2.67. The van der Waals surface area contributed by atoms with Crippen LogP contribution < -0.4 is 5.32 Å². The number of hydrogen-bond donors (Lipinski definition) is 1. The van der Waals surface area contributed by atoms with Crippen LogP contribution in [0.5, 0.6) is 0 Å². The Morgan fingerprint density at radius 1 is 1.17 bits per heavy atom. The fraction of sp³-hybridized carbons (Fsp3) is 0.176. The summed E-state index contributed by atoms with van der Waals surface area (Å²) in [5, 5.41) is 7.96. The quantitative estimate of drug-likeness (QED) is 0.722. The Labute approximate surface area is 144 Å². The van der Waals surface area contributed by atoms with E-state index < -0.39 is 0 Å². The van der Waals surface area contributed by atoms with E-state index >= 15 is 0 Å². The number of nitrogens with zero attached hydrogens (tertiary/aromatic N) is 4. The lowest BCUT2D eigenvalue weighted by Gasteiger charge is -2.16. The van der Waals surface area contributed by atoms with Gasteiger partial charge in [0.2, 0.25) is 0 Å². The third-order valence-electron chi connectivity index (χ3n) is 3.68. The van der Waals surface area contributed by atoms with Crippen LogP contribution in [-0.2, 0) is 0 Å². The van der Waals surface area contributed by atoms with Crippen molar-refractivity contribution in [2.45, 2.75) is 18.0 Å². The van der Waals surface area contributed by atoms with Crippen LogP contribution in [0, 0.1) is 0 Å². The molecule has 3 heterocycles. The number of rotatable bonds is 5. The summed E-state index contributed by atoms with van der Waals surface area (Å²) in [6.45, 7) is 2.02. The van der Waals surface area contributed by atoms with Crippen molar-refractivity contribution in [3.05, 3.63) is 66.2 Å². The zero-order valence-electron chi connectivity index (χ0n) is 13.4. The number of thioether (sulfide) groups is 1. The van der Waals surface area contributed by atoms with Crippen molar-refractivity contribution < 1.29 is 4.79 Å². The molecule has 1 atom stereocenters. The summed E-state index contributed by atoms with van der Waals surface area (Å²) >= 11 is 1.44. The molecule has 6 nitrogen and oxygen atoms in total. The third kappa shape index (κ3) is 3.30. The largest absolute Gasteiger partial charge is 0.307 e. The molecular weight excluding hydrogens is 322 g/mol. The van der Waals surface area contributed by atoms with Crippen molar-refractivity contribution in [3.63, 3.8) is 0 Å². The topological polar surface area (TPSA) is 72.7 Å². The molecule has 0 aliphatic rings. The number of aromatic nitrogens is 4. The first-order valence-electron chi connectivity index (χ1n) is 7.44. The second-order valence-corrected chi connectivity index (χ2v) is 5.93. The van der Waals surface area contributed by atoms with Gasteiger partial charge in [-0.2, -0.15) is 5.10 Å². The molecule has 3 rings (SSSR count). The molecule has 1 N–H and O–H groups in total. The molecule has 0 saturated carbocycles. The molecule has 3 aromatic heterocycles. The second kappa shape index (κ2) is 7.27. The highest BCUT2D eigenvalue weighted by Gasteiger charge is 2.17. The number of nitrogens with one attached hydrogen (secondary N) is 1. The van der Waals surface area contributed by atoms with Crippen molar-refractivity contribution in [2.24, 2.45) is 0 Å². The van der Waals surface area contributed by atoms with Crippen LogP contribution in [0.1, 0.15) is 28.9 Å². The second-order valence-electron chi connectivity index (χ2n) is 5.13. The summed E-state index contributed by atoms with van der Waals surface area (Å²) in [5.41, 5.74) is 1.62. The van der Waals surface area contributed by atoms with Gasteiger partial charge in [-0.15, -0.1) is 11.8 Å². The smallest absolute Gasteiger partial charge is 0.259 e. The molecule has 0 spiro atoms. The lowest BCUT2D eigenvalue weighted by molar-refractivity contribution is 0.102. The van der Waals surface area contributed by atoms with Crippen LogP contribution in [0.25, 0.3) is 0 Å². The van der Waals surface area contributed by atoms with E-state index in [1.54, 1.807) is 47.7 Å². The molecule has 122 valence electrons. The minimum absolute atomic E-state index is 0.0211. The molecule has 0 bridgehead atoms. The average molecular weight is 339 g/mol. The van der Waals surface area contributed by atoms with Gasteiger partial charge in [0.1, 0.15) is 10.8 Å². The lowest BCUT2D eigenvalue weighted by atomic mass is 10.1. The van der Waals surface area contributed by atoms with Crippen molar-refractivity contribution in [1.29, 1.82) is 0 Å². The number of carbonyl (C=O) groups excluding carboxylic acids is 1. The van der Waals surface area contributed by atoms with E-state index in [1.807, 2.05) is 25.3 Å². The first kappa shape index (κ1) is 16.2. The molecular formula is C17H17N5OS. The molecule has 0 unspecified atom stereocenters. The molecule has 24 heavy (non-hydrogen) atoms. The lowest BCUT2D eigenvalue weighted by Crippen LogP contribution is -2.19. The van der Waals surface area contributed by atoms with Gasteiger partial charge < -0.3 is 5.32 Å². The first-order chi connectivity index (χ1) is 11.7. The van der Waals surface area contributed by atoms with Gasteiger partial charge in [0.05, 0.1) is 17.8 Å². The summed E-state index contributed by atoms with van der Waals surface area (Å²) in [6, 6.07) is 9.15. The SMILES string of the molecule is CSc1ncccc1C(=O)Nc1ccnn1[C@H](C)c1ccncc1. The normalized spacial score (nSPS) is 11.9. The summed E-state index contributed by atoms with van der Waals surface area (Å²) in [4.78, 5) is 20.8. The van der Waals surface area contributed by atoms with E-state index in [2.05, 4.69) is 20.4 Å². The van der Waals surface area contributed by atoms with E-state index in [0.29, 0.717) is 16.4 Å². The van der Waals surface area contributed by atoms with Crippen LogP contribution in [0.3, 0.4) is 0 Å². The maximum atomic E-state index is 12.6. The van der Waals surface area contributed by atoms with E-state index in [-0.39, 0.29) is 11.9 Å². The average Bonchev–Trinajstić information content (AvgIpc) is 3.09. The number of hydrogen-bond acceptors (Lipinski definition) is 5. The van der Waals surface area contributed by atoms with Gasteiger partial charge in [-0.1, -0.05) is 0 Å². The minimum Gasteiger partial charge on any atom is -0.307 e. The molecule has 0 aliphatic heterocycles. The van der Waals surface area contributed by atoms with Crippen LogP contribution in [-0.4, -0.2) is 31.9 Å². The summed E-state index contributed by atoms with van der Waals surface area (Å²) in [6.07, 6.45) is 8.74. The molecule has 0 saturated heterocycles. The highest BCUT2D eigenvalue weighted by Crippen LogP contribution is 2.23. The summed E-state index contributed by atoms with van der Waals surface area (Å²) in [5.74, 6) is 0.441. The number of pyridine rings is 2. The predicted octanol–water partition coefficient (Wildman–Crippen LogP) is 3.26. The predicted molar refractivity (Wildman–Crippen MR) is 94.2 cm³/mol.